The molecule has 6 heteroatoms. The Bertz CT molecular complexity index is 235. The molecule has 0 aromatic heterocycles. The van der Waals surface area contributed by atoms with Crippen LogP contribution in [0.4, 0.5) is 4.79 Å². The van der Waals surface area contributed by atoms with Crippen molar-refractivity contribution in [2.75, 3.05) is 6.54 Å². The Balaban J connectivity index is 0.00000169. The molecule has 2 atom stereocenters. The van der Waals surface area contributed by atoms with Crippen LogP contribution in [0.15, 0.2) is 0 Å². The van der Waals surface area contributed by atoms with Crippen molar-refractivity contribution in [1.82, 2.24) is 3.93 Å². The topological polar surface area (TPSA) is 41.8 Å². The lowest BCUT2D eigenvalue weighted by Crippen LogP contribution is -3.16. The Kier molecular flexibility index (Phi) is 5.85. The molecule has 4 nitrogen and oxygen atoms in total. The molecule has 0 spiro atoms. The number of carbonyl (C=O) groups is 2. The van der Waals surface area contributed by atoms with Gasteiger partial charge in [-0.1, -0.05) is 6.92 Å². The molecule has 0 saturated carbocycles. The lowest BCUT2D eigenvalue weighted by Gasteiger charge is -2.12. The molecular weight excluding hydrogens is 316 g/mol. The van der Waals surface area contributed by atoms with Gasteiger partial charge in [0.25, 0.3) is 0 Å². The summed E-state index contributed by atoms with van der Waals surface area (Å²) in [6, 6.07) is -0.340. The number of hydrogen-bond acceptors (Lipinski definition) is 2. The van der Waals surface area contributed by atoms with Gasteiger partial charge >= 0.3 is 11.9 Å². The van der Waals surface area contributed by atoms with E-state index in [0.717, 1.165) is 21.7 Å². The molecule has 82 valence electrons. The molecular formula is C8H14Br2N2O2. The molecule has 0 aliphatic carbocycles. The van der Waals surface area contributed by atoms with Gasteiger partial charge in [-0.3, -0.25) is 4.79 Å². The monoisotopic (exact) mass is 328 g/mol. The van der Waals surface area contributed by atoms with Crippen LogP contribution in [0.25, 0.3) is 0 Å². The minimum atomic E-state index is -0.179. The van der Waals surface area contributed by atoms with Gasteiger partial charge < -0.3 is 17.0 Å². The van der Waals surface area contributed by atoms with Crippen molar-refractivity contribution in [2.24, 2.45) is 0 Å². The summed E-state index contributed by atoms with van der Waals surface area (Å²) in [5.74, 6) is -0.108. The van der Waals surface area contributed by atoms with E-state index in [1.54, 1.807) is 0 Å². The standard InChI is InChI=1S/C8H13BrN2O2.BrH/c1-3-5-6-7(12)11(9)8(13)10(6)4-2;/h6H,3-5H2,1-2H3;1H. The van der Waals surface area contributed by atoms with Crippen LogP contribution < -0.4 is 21.9 Å². The maximum atomic E-state index is 11.5. The number of hydrogen-bond donors (Lipinski definition) is 1. The quantitative estimate of drug-likeness (QED) is 0.453. The zero-order valence-corrected chi connectivity index (χ0v) is 11.4. The normalized spacial score (nSPS) is 26.6. The lowest BCUT2D eigenvalue weighted by atomic mass is 10.1. The number of imide groups is 1. The Labute approximate surface area is 103 Å². The van der Waals surface area contributed by atoms with Gasteiger partial charge in [-0.2, -0.15) is 3.93 Å². The van der Waals surface area contributed by atoms with Crippen molar-refractivity contribution in [3.63, 3.8) is 0 Å². The van der Waals surface area contributed by atoms with Gasteiger partial charge in [0.2, 0.25) is 0 Å². The van der Waals surface area contributed by atoms with Crippen molar-refractivity contribution < 1.29 is 31.5 Å². The minimum Gasteiger partial charge on any atom is -1.00 e. The van der Waals surface area contributed by atoms with Gasteiger partial charge in [0.15, 0.2) is 6.04 Å². The van der Waals surface area contributed by atoms with Crippen molar-refractivity contribution in [3.8, 4) is 0 Å². The summed E-state index contributed by atoms with van der Waals surface area (Å²) in [7, 11) is 0. The molecule has 1 N–H and O–H groups in total. The molecule has 1 heterocycles. The second kappa shape index (κ2) is 5.82. The van der Waals surface area contributed by atoms with E-state index in [4.69, 9.17) is 0 Å². The number of likely N-dealkylation sites (N-methyl/N-ethyl adjacent to an activating group) is 1. The fourth-order valence-electron chi connectivity index (χ4n) is 1.65. The van der Waals surface area contributed by atoms with Crippen LogP contribution in [-0.2, 0) is 4.79 Å². The molecule has 0 aromatic rings. The number of amides is 3. The van der Waals surface area contributed by atoms with Crippen molar-refractivity contribution in [1.29, 1.82) is 0 Å². The fraction of sp³-hybridized carbons (Fsp3) is 0.750. The molecule has 0 radical (unpaired) electrons. The van der Waals surface area contributed by atoms with Crippen LogP contribution in [0.1, 0.15) is 26.7 Å². The number of carbonyl (C=O) groups excluding carboxylic acids is 2. The summed E-state index contributed by atoms with van der Waals surface area (Å²) in [6.45, 7) is 4.59. The van der Waals surface area contributed by atoms with E-state index in [1.165, 1.54) is 0 Å². The number of quaternary nitrogens is 1. The van der Waals surface area contributed by atoms with Crippen LogP contribution in [0.2, 0.25) is 0 Å². The predicted octanol–water partition coefficient (Wildman–Crippen LogP) is -2.66. The first kappa shape index (κ1) is 14.1. The first-order valence-corrected chi connectivity index (χ1v) is 5.24. The number of nitrogens with zero attached hydrogens (tertiary/aromatic N) is 1. The van der Waals surface area contributed by atoms with Crippen LogP contribution >= 0.6 is 16.1 Å². The lowest BCUT2D eigenvalue weighted by molar-refractivity contribution is -0.825. The molecule has 1 fully saturated rings. The zero-order valence-electron chi connectivity index (χ0n) is 8.22. The molecule has 1 rings (SSSR count). The van der Waals surface area contributed by atoms with Crippen LogP contribution in [0, 0.1) is 0 Å². The maximum Gasteiger partial charge on any atom is 0.435 e. The van der Waals surface area contributed by atoms with E-state index in [9.17, 15) is 9.59 Å². The molecule has 2 unspecified atom stereocenters. The molecule has 1 saturated heterocycles. The average Bonchev–Trinajstić information content (AvgIpc) is 2.32. The van der Waals surface area contributed by atoms with Crippen LogP contribution in [0.3, 0.4) is 0 Å². The molecule has 1 aliphatic heterocycles. The minimum absolute atomic E-state index is 0. The first-order chi connectivity index (χ1) is 6.13. The van der Waals surface area contributed by atoms with E-state index >= 15 is 0 Å². The number of urea groups is 1. The molecule has 3 amide bonds. The Morgan fingerprint density at radius 1 is 1.43 bits per heavy atom. The molecule has 0 aromatic carbocycles. The van der Waals surface area contributed by atoms with Crippen molar-refractivity contribution in [2.45, 2.75) is 32.7 Å². The molecule has 0 bridgehead atoms. The smallest absolute Gasteiger partial charge is 0.435 e. The van der Waals surface area contributed by atoms with E-state index < -0.39 is 0 Å². The summed E-state index contributed by atoms with van der Waals surface area (Å²) in [5.41, 5.74) is 0. The second-order valence-electron chi connectivity index (χ2n) is 3.14. The summed E-state index contributed by atoms with van der Waals surface area (Å²) in [5, 5.41) is 0. The summed E-state index contributed by atoms with van der Waals surface area (Å²) >= 11 is 2.97. The molecule has 14 heavy (non-hydrogen) atoms. The summed E-state index contributed by atoms with van der Waals surface area (Å²) < 4.78 is 1.06. The SMILES string of the molecule is CCCC1C(=O)N(Br)C(=O)[NH+]1CC.[Br-]. The van der Waals surface area contributed by atoms with Gasteiger partial charge in [0, 0.05) is 6.42 Å². The van der Waals surface area contributed by atoms with E-state index in [2.05, 4.69) is 16.1 Å². The van der Waals surface area contributed by atoms with Gasteiger partial charge in [0.1, 0.15) is 0 Å². The van der Waals surface area contributed by atoms with E-state index in [-0.39, 0.29) is 35.0 Å². The highest BCUT2D eigenvalue weighted by molar-refractivity contribution is 9.08. The third-order valence-electron chi connectivity index (χ3n) is 2.32. The number of rotatable bonds is 3. The zero-order chi connectivity index (χ0) is 10.0. The third kappa shape index (κ3) is 2.35. The fourth-order valence-corrected chi connectivity index (χ4v) is 2.12. The first-order valence-electron chi connectivity index (χ1n) is 4.53. The third-order valence-corrected chi connectivity index (χ3v) is 3.00. The molecule has 1 aliphatic rings. The Hall–Kier alpha value is 0.0600. The number of halogens is 2. The number of nitrogens with one attached hydrogen (secondary N) is 1. The second-order valence-corrected chi connectivity index (χ2v) is 3.85. The van der Waals surface area contributed by atoms with Crippen LogP contribution in [-0.4, -0.2) is 28.5 Å². The van der Waals surface area contributed by atoms with E-state index in [0.29, 0.717) is 6.54 Å². The Morgan fingerprint density at radius 3 is 2.43 bits per heavy atom. The summed E-state index contributed by atoms with van der Waals surface area (Å²) in [4.78, 5) is 23.7. The maximum absolute atomic E-state index is 11.5. The largest absolute Gasteiger partial charge is 1.00 e. The van der Waals surface area contributed by atoms with Crippen molar-refractivity contribution in [3.05, 3.63) is 0 Å². The summed E-state index contributed by atoms with van der Waals surface area (Å²) in [6.07, 6.45) is 1.70. The highest BCUT2D eigenvalue weighted by Gasteiger charge is 2.48. The van der Waals surface area contributed by atoms with Crippen molar-refractivity contribution >= 4 is 28.1 Å². The van der Waals surface area contributed by atoms with Gasteiger partial charge in [0.05, 0.1) is 22.7 Å². The predicted molar refractivity (Wildman–Crippen MR) is 51.4 cm³/mol. The van der Waals surface area contributed by atoms with Crippen LogP contribution in [0.5, 0.6) is 0 Å². The van der Waals surface area contributed by atoms with Gasteiger partial charge in [-0.15, -0.1) is 0 Å². The Morgan fingerprint density at radius 2 is 2.00 bits per heavy atom. The van der Waals surface area contributed by atoms with E-state index in [1.807, 2.05) is 13.8 Å². The van der Waals surface area contributed by atoms with Gasteiger partial charge in [-0.25, -0.2) is 9.69 Å². The average molecular weight is 330 g/mol. The highest BCUT2D eigenvalue weighted by Crippen LogP contribution is 2.10. The van der Waals surface area contributed by atoms with Gasteiger partial charge in [-0.05, 0) is 13.3 Å². The highest BCUT2D eigenvalue weighted by atomic mass is 79.9.